The fourth-order valence-electron chi connectivity index (χ4n) is 1.52. The third-order valence-corrected chi connectivity index (χ3v) is 3.07. The lowest BCUT2D eigenvalue weighted by Crippen LogP contribution is -2.00. The zero-order valence-corrected chi connectivity index (χ0v) is 11.0. The summed E-state index contributed by atoms with van der Waals surface area (Å²) in [6.07, 6.45) is 0.715. The first-order chi connectivity index (χ1) is 8.72. The van der Waals surface area contributed by atoms with Crippen LogP contribution in [0.4, 0.5) is 4.39 Å². The van der Waals surface area contributed by atoms with Crippen LogP contribution in [-0.2, 0) is 6.61 Å². The van der Waals surface area contributed by atoms with Gasteiger partial charge in [-0.05, 0) is 34.1 Å². The van der Waals surface area contributed by atoms with Crippen LogP contribution in [-0.4, -0.2) is 6.29 Å². The molecule has 0 spiro atoms. The van der Waals surface area contributed by atoms with Crippen molar-refractivity contribution < 1.29 is 13.9 Å². The first-order valence-electron chi connectivity index (χ1n) is 5.32. The van der Waals surface area contributed by atoms with Crippen molar-refractivity contribution in [3.8, 4) is 5.75 Å². The highest BCUT2D eigenvalue weighted by atomic mass is 79.9. The molecule has 0 radical (unpaired) electrons. The summed E-state index contributed by atoms with van der Waals surface area (Å²) in [5.41, 5.74) is 0.887. The number of benzene rings is 2. The molecule has 2 aromatic rings. The molecule has 0 amide bonds. The quantitative estimate of drug-likeness (QED) is 0.799. The van der Waals surface area contributed by atoms with E-state index in [1.165, 1.54) is 0 Å². The molecule has 0 aliphatic carbocycles. The Bertz CT molecular complexity index is 569. The van der Waals surface area contributed by atoms with Gasteiger partial charge in [-0.2, -0.15) is 0 Å². The fraction of sp³-hybridized carbons (Fsp3) is 0.0714. The van der Waals surface area contributed by atoms with Gasteiger partial charge in [0.2, 0.25) is 0 Å². The zero-order chi connectivity index (χ0) is 13.0. The van der Waals surface area contributed by atoms with Crippen LogP contribution in [0.15, 0.2) is 46.9 Å². The molecule has 0 aliphatic heterocycles. The summed E-state index contributed by atoms with van der Waals surface area (Å²) in [6, 6.07) is 11.8. The summed E-state index contributed by atoms with van der Waals surface area (Å²) < 4.78 is 19.5. The molecule has 0 saturated carbocycles. The average molecular weight is 309 g/mol. The molecular formula is C14H10BrFO2. The van der Waals surface area contributed by atoms with Crippen LogP contribution in [0.1, 0.15) is 15.9 Å². The summed E-state index contributed by atoms with van der Waals surface area (Å²) in [7, 11) is 0. The number of rotatable bonds is 4. The molecule has 0 saturated heterocycles. The van der Waals surface area contributed by atoms with Gasteiger partial charge in [0.25, 0.3) is 0 Å². The second kappa shape index (κ2) is 5.78. The van der Waals surface area contributed by atoms with Crippen molar-refractivity contribution in [2.24, 2.45) is 0 Å². The zero-order valence-electron chi connectivity index (χ0n) is 9.40. The molecule has 4 heteroatoms. The Kier molecular flexibility index (Phi) is 4.10. The summed E-state index contributed by atoms with van der Waals surface area (Å²) in [5, 5.41) is 0. The number of aldehydes is 1. The number of carbonyl (C=O) groups is 1. The van der Waals surface area contributed by atoms with E-state index < -0.39 is 0 Å². The molecule has 0 bridgehead atoms. The molecule has 0 aromatic heterocycles. The summed E-state index contributed by atoms with van der Waals surface area (Å²) in [6.45, 7) is 0.0795. The van der Waals surface area contributed by atoms with Gasteiger partial charge in [0.15, 0.2) is 6.29 Å². The standard InChI is InChI=1S/C14H10BrFO2/c15-12-6-3-5-11(14(12)16)9-18-13-7-2-1-4-10(13)8-17/h1-8H,9H2. The largest absolute Gasteiger partial charge is 0.488 e. The maximum atomic E-state index is 13.7. The van der Waals surface area contributed by atoms with E-state index in [9.17, 15) is 9.18 Å². The number of para-hydroxylation sites is 1. The summed E-state index contributed by atoms with van der Waals surface area (Å²) in [5.74, 6) is 0.105. The van der Waals surface area contributed by atoms with Gasteiger partial charge >= 0.3 is 0 Å². The van der Waals surface area contributed by atoms with Gasteiger partial charge in [-0.15, -0.1) is 0 Å². The van der Waals surface area contributed by atoms with Crippen LogP contribution in [0.5, 0.6) is 5.75 Å². The van der Waals surface area contributed by atoms with Gasteiger partial charge in [0.05, 0.1) is 10.0 Å². The number of ether oxygens (including phenoxy) is 1. The molecule has 0 fully saturated rings. The van der Waals surface area contributed by atoms with E-state index in [4.69, 9.17) is 4.74 Å². The second-order valence-electron chi connectivity index (χ2n) is 3.66. The highest BCUT2D eigenvalue weighted by molar-refractivity contribution is 9.10. The fourth-order valence-corrected chi connectivity index (χ4v) is 1.93. The number of halogens is 2. The lowest BCUT2D eigenvalue weighted by molar-refractivity contribution is 0.111. The normalized spacial score (nSPS) is 10.1. The van der Waals surface area contributed by atoms with Crippen LogP contribution in [0, 0.1) is 5.82 Å². The molecule has 0 N–H and O–H groups in total. The molecule has 2 nitrogen and oxygen atoms in total. The predicted molar refractivity (Wildman–Crippen MR) is 70.3 cm³/mol. The van der Waals surface area contributed by atoms with Gasteiger partial charge in [-0.1, -0.05) is 24.3 Å². The van der Waals surface area contributed by atoms with Crippen molar-refractivity contribution >= 4 is 22.2 Å². The van der Waals surface area contributed by atoms with E-state index in [2.05, 4.69) is 15.9 Å². The molecular weight excluding hydrogens is 299 g/mol. The average Bonchev–Trinajstić information content (AvgIpc) is 2.41. The van der Waals surface area contributed by atoms with Gasteiger partial charge in [-0.3, -0.25) is 4.79 Å². The van der Waals surface area contributed by atoms with Crippen LogP contribution < -0.4 is 4.74 Å². The van der Waals surface area contributed by atoms with Crippen molar-refractivity contribution in [3.05, 3.63) is 63.9 Å². The minimum absolute atomic E-state index is 0.0795. The SMILES string of the molecule is O=Cc1ccccc1OCc1cccc(Br)c1F. The van der Waals surface area contributed by atoms with Gasteiger partial charge < -0.3 is 4.74 Å². The number of carbonyl (C=O) groups excluding carboxylic acids is 1. The molecule has 92 valence electrons. The van der Waals surface area contributed by atoms with E-state index in [-0.39, 0.29) is 12.4 Å². The van der Waals surface area contributed by atoms with E-state index in [0.717, 1.165) is 0 Å². The monoisotopic (exact) mass is 308 g/mol. The minimum atomic E-state index is -0.346. The van der Waals surface area contributed by atoms with Crippen LogP contribution in [0.3, 0.4) is 0 Å². The van der Waals surface area contributed by atoms with Crippen LogP contribution in [0.2, 0.25) is 0 Å². The highest BCUT2D eigenvalue weighted by Crippen LogP contribution is 2.21. The highest BCUT2D eigenvalue weighted by Gasteiger charge is 2.07. The molecule has 18 heavy (non-hydrogen) atoms. The predicted octanol–water partition coefficient (Wildman–Crippen LogP) is 3.98. The summed E-state index contributed by atoms with van der Waals surface area (Å²) in [4.78, 5) is 10.8. The van der Waals surface area contributed by atoms with E-state index in [1.807, 2.05) is 0 Å². The molecule has 0 aliphatic rings. The van der Waals surface area contributed by atoms with Gasteiger partial charge in [0.1, 0.15) is 18.2 Å². The Morgan fingerprint density at radius 1 is 1.17 bits per heavy atom. The van der Waals surface area contributed by atoms with Crippen molar-refractivity contribution in [2.75, 3.05) is 0 Å². The van der Waals surface area contributed by atoms with Crippen molar-refractivity contribution in [1.82, 2.24) is 0 Å². The van der Waals surface area contributed by atoms with Crippen LogP contribution >= 0.6 is 15.9 Å². The second-order valence-corrected chi connectivity index (χ2v) is 4.51. The maximum absolute atomic E-state index is 13.7. The van der Waals surface area contributed by atoms with Gasteiger partial charge in [0, 0.05) is 5.56 Å². The smallest absolute Gasteiger partial charge is 0.153 e. The van der Waals surface area contributed by atoms with Crippen molar-refractivity contribution in [2.45, 2.75) is 6.61 Å². The Hall–Kier alpha value is -1.68. The maximum Gasteiger partial charge on any atom is 0.153 e. The third kappa shape index (κ3) is 2.76. The Morgan fingerprint density at radius 3 is 2.72 bits per heavy atom. The Balaban J connectivity index is 2.16. The number of hydrogen-bond donors (Lipinski definition) is 0. The molecule has 0 heterocycles. The lowest BCUT2D eigenvalue weighted by Gasteiger charge is -2.09. The van der Waals surface area contributed by atoms with Crippen molar-refractivity contribution in [3.63, 3.8) is 0 Å². The first kappa shape index (κ1) is 12.8. The van der Waals surface area contributed by atoms with Crippen LogP contribution in [0.25, 0.3) is 0 Å². The molecule has 2 rings (SSSR count). The topological polar surface area (TPSA) is 26.3 Å². The van der Waals surface area contributed by atoms with E-state index >= 15 is 0 Å². The van der Waals surface area contributed by atoms with E-state index in [0.29, 0.717) is 27.6 Å². The van der Waals surface area contributed by atoms with Crippen molar-refractivity contribution in [1.29, 1.82) is 0 Å². The molecule has 0 unspecified atom stereocenters. The Morgan fingerprint density at radius 2 is 1.94 bits per heavy atom. The number of hydrogen-bond acceptors (Lipinski definition) is 2. The third-order valence-electron chi connectivity index (χ3n) is 2.46. The minimum Gasteiger partial charge on any atom is -0.488 e. The summed E-state index contributed by atoms with van der Waals surface area (Å²) >= 11 is 3.11. The lowest BCUT2D eigenvalue weighted by atomic mass is 10.2. The van der Waals surface area contributed by atoms with Gasteiger partial charge in [-0.25, -0.2) is 4.39 Å². The Labute approximate surface area is 113 Å². The first-order valence-corrected chi connectivity index (χ1v) is 6.11. The van der Waals surface area contributed by atoms with E-state index in [1.54, 1.807) is 42.5 Å². The molecule has 2 aromatic carbocycles. The molecule has 0 atom stereocenters.